The van der Waals surface area contributed by atoms with Crippen molar-refractivity contribution >= 4 is 40.1 Å². The number of halogens is 1. The van der Waals surface area contributed by atoms with Gasteiger partial charge in [0.1, 0.15) is 11.3 Å². The summed E-state index contributed by atoms with van der Waals surface area (Å²) in [6.07, 6.45) is 2.08. The summed E-state index contributed by atoms with van der Waals surface area (Å²) in [6, 6.07) is 21.2. The van der Waals surface area contributed by atoms with E-state index in [2.05, 4.69) is 27.7 Å². The molecular weight excluding hydrogens is 514 g/mol. The molecule has 1 fully saturated rings. The molecule has 1 aliphatic heterocycles. The number of ether oxygens (including phenoxy) is 1. The molecule has 1 aliphatic rings. The second kappa shape index (κ2) is 11.9. The predicted molar refractivity (Wildman–Crippen MR) is 155 cm³/mol. The first-order valence-electron chi connectivity index (χ1n) is 13.2. The van der Waals surface area contributed by atoms with Crippen LogP contribution in [0.1, 0.15) is 41.8 Å². The Kier molecular flexibility index (Phi) is 8.19. The van der Waals surface area contributed by atoms with Gasteiger partial charge in [0.05, 0.1) is 7.11 Å². The highest BCUT2D eigenvalue weighted by molar-refractivity contribution is 6.30. The second-order valence-electron chi connectivity index (χ2n) is 9.89. The van der Waals surface area contributed by atoms with E-state index in [9.17, 15) is 9.59 Å². The molecule has 3 aromatic carbocycles. The fraction of sp³-hybridized carbons (Fsp3) is 0.290. The highest BCUT2D eigenvalue weighted by Crippen LogP contribution is 2.36. The first-order chi connectivity index (χ1) is 18.9. The van der Waals surface area contributed by atoms with Gasteiger partial charge in [0.2, 0.25) is 5.91 Å². The Morgan fingerprint density at radius 2 is 1.82 bits per heavy atom. The number of amides is 2. The molecule has 39 heavy (non-hydrogen) atoms. The minimum absolute atomic E-state index is 0.0610. The summed E-state index contributed by atoms with van der Waals surface area (Å²) in [5.41, 5.74) is 4.57. The second-order valence-corrected chi connectivity index (χ2v) is 10.3. The highest BCUT2D eigenvalue weighted by Gasteiger charge is 2.21. The summed E-state index contributed by atoms with van der Waals surface area (Å²) < 4.78 is 11.4. The van der Waals surface area contributed by atoms with Crippen molar-refractivity contribution in [3.63, 3.8) is 0 Å². The van der Waals surface area contributed by atoms with Gasteiger partial charge in [0, 0.05) is 47.7 Å². The van der Waals surface area contributed by atoms with Gasteiger partial charge in [-0.3, -0.25) is 9.59 Å². The van der Waals surface area contributed by atoms with E-state index >= 15 is 0 Å². The van der Waals surface area contributed by atoms with Crippen molar-refractivity contribution in [2.24, 2.45) is 0 Å². The standard InChI is InChI=1S/C31H32ClN3O4/c1-20(36)34-26-5-3-4-23(16-26)21-10-13-35(14-11-21)15-12-33-31(37)30-18-24-17-27(22-6-8-25(32)9-7-22)29(38-2)19-28(24)39-30/h3-9,16-19,21H,10-15H2,1-2H3,(H,33,37)(H,34,36). The number of benzene rings is 3. The van der Waals surface area contributed by atoms with Gasteiger partial charge in [-0.25, -0.2) is 0 Å². The molecule has 0 saturated carbocycles. The summed E-state index contributed by atoms with van der Waals surface area (Å²) in [7, 11) is 1.61. The minimum atomic E-state index is -0.233. The number of nitrogens with one attached hydrogen (secondary N) is 2. The summed E-state index contributed by atoms with van der Waals surface area (Å²) >= 11 is 6.04. The van der Waals surface area contributed by atoms with E-state index in [-0.39, 0.29) is 17.6 Å². The molecule has 4 aromatic rings. The summed E-state index contributed by atoms with van der Waals surface area (Å²) in [5.74, 6) is 1.11. The van der Waals surface area contributed by atoms with Crippen LogP contribution >= 0.6 is 11.6 Å². The molecular formula is C31H32ClN3O4. The number of carbonyl (C=O) groups excluding carboxylic acids is 2. The molecule has 0 atom stereocenters. The first kappa shape index (κ1) is 26.8. The van der Waals surface area contributed by atoms with Crippen molar-refractivity contribution in [1.82, 2.24) is 10.2 Å². The van der Waals surface area contributed by atoms with Gasteiger partial charge < -0.3 is 24.7 Å². The van der Waals surface area contributed by atoms with E-state index in [4.69, 9.17) is 20.8 Å². The summed E-state index contributed by atoms with van der Waals surface area (Å²) in [6.45, 7) is 4.76. The van der Waals surface area contributed by atoms with E-state index in [1.807, 2.05) is 48.5 Å². The fourth-order valence-electron chi connectivity index (χ4n) is 5.18. The van der Waals surface area contributed by atoms with Gasteiger partial charge in [-0.2, -0.15) is 0 Å². The zero-order chi connectivity index (χ0) is 27.4. The van der Waals surface area contributed by atoms with Crippen LogP contribution in [0.4, 0.5) is 5.69 Å². The number of nitrogens with zero attached hydrogens (tertiary/aromatic N) is 1. The third-order valence-electron chi connectivity index (χ3n) is 7.20. The molecule has 0 aliphatic carbocycles. The number of fused-ring (bicyclic) bond motifs is 1. The number of hydrogen-bond acceptors (Lipinski definition) is 5. The maximum absolute atomic E-state index is 12.8. The van der Waals surface area contributed by atoms with Gasteiger partial charge in [-0.1, -0.05) is 35.9 Å². The average molecular weight is 546 g/mol. The van der Waals surface area contributed by atoms with Crippen LogP contribution in [0.25, 0.3) is 22.1 Å². The smallest absolute Gasteiger partial charge is 0.287 e. The lowest BCUT2D eigenvalue weighted by Gasteiger charge is -2.32. The molecule has 202 valence electrons. The molecule has 1 saturated heterocycles. The van der Waals surface area contributed by atoms with Crippen molar-refractivity contribution in [3.8, 4) is 16.9 Å². The van der Waals surface area contributed by atoms with Crippen LogP contribution < -0.4 is 15.4 Å². The van der Waals surface area contributed by atoms with Gasteiger partial charge in [-0.15, -0.1) is 0 Å². The number of likely N-dealkylation sites (tertiary alicyclic amines) is 1. The highest BCUT2D eigenvalue weighted by atomic mass is 35.5. The van der Waals surface area contributed by atoms with Crippen LogP contribution in [-0.4, -0.2) is 50.0 Å². The molecule has 0 radical (unpaired) electrons. The topological polar surface area (TPSA) is 83.8 Å². The van der Waals surface area contributed by atoms with Crippen molar-refractivity contribution in [1.29, 1.82) is 0 Å². The molecule has 0 bridgehead atoms. The normalized spacial score (nSPS) is 14.3. The number of piperidine rings is 1. The van der Waals surface area contributed by atoms with Crippen molar-refractivity contribution in [2.45, 2.75) is 25.7 Å². The lowest BCUT2D eigenvalue weighted by atomic mass is 9.89. The van der Waals surface area contributed by atoms with E-state index < -0.39 is 0 Å². The monoisotopic (exact) mass is 545 g/mol. The lowest BCUT2D eigenvalue weighted by molar-refractivity contribution is -0.114. The molecule has 2 heterocycles. The zero-order valence-corrected chi connectivity index (χ0v) is 22.9. The molecule has 1 aromatic heterocycles. The Balaban J connectivity index is 1.15. The molecule has 0 spiro atoms. The number of anilines is 1. The van der Waals surface area contributed by atoms with Crippen LogP contribution in [0.15, 0.2) is 71.1 Å². The van der Waals surface area contributed by atoms with Crippen LogP contribution in [-0.2, 0) is 4.79 Å². The van der Waals surface area contributed by atoms with E-state index in [1.165, 1.54) is 12.5 Å². The van der Waals surface area contributed by atoms with Gasteiger partial charge in [0.15, 0.2) is 5.76 Å². The Bertz CT molecular complexity index is 1470. The van der Waals surface area contributed by atoms with Crippen molar-refractivity contribution < 1.29 is 18.7 Å². The quantitative estimate of drug-likeness (QED) is 0.270. The van der Waals surface area contributed by atoms with Crippen molar-refractivity contribution in [2.75, 3.05) is 38.6 Å². The van der Waals surface area contributed by atoms with Gasteiger partial charge in [-0.05, 0) is 79.4 Å². The fourth-order valence-corrected chi connectivity index (χ4v) is 5.31. The van der Waals surface area contributed by atoms with Crippen molar-refractivity contribution in [3.05, 3.63) is 83.1 Å². The van der Waals surface area contributed by atoms with E-state index in [0.717, 1.165) is 54.7 Å². The molecule has 5 rings (SSSR count). The van der Waals surface area contributed by atoms with E-state index in [1.54, 1.807) is 13.2 Å². The minimum Gasteiger partial charge on any atom is -0.496 e. The predicted octanol–water partition coefficient (Wildman–Crippen LogP) is 6.33. The number of rotatable bonds is 8. The molecule has 8 heteroatoms. The number of hydrogen-bond donors (Lipinski definition) is 2. The number of furan rings is 1. The van der Waals surface area contributed by atoms with Gasteiger partial charge in [0.25, 0.3) is 5.91 Å². The Hall–Kier alpha value is -3.81. The summed E-state index contributed by atoms with van der Waals surface area (Å²) in [5, 5.41) is 7.35. The number of carbonyl (C=O) groups is 2. The Labute approximate surface area is 233 Å². The first-order valence-corrected chi connectivity index (χ1v) is 13.5. The average Bonchev–Trinajstić information content (AvgIpc) is 3.36. The molecule has 0 unspecified atom stereocenters. The number of methoxy groups -OCH3 is 1. The SMILES string of the molecule is COc1cc2oc(C(=O)NCCN3CCC(c4cccc(NC(C)=O)c4)CC3)cc2cc1-c1ccc(Cl)cc1. The third-order valence-corrected chi connectivity index (χ3v) is 7.45. The van der Waals surface area contributed by atoms with Crippen LogP contribution in [0.5, 0.6) is 5.75 Å². The summed E-state index contributed by atoms with van der Waals surface area (Å²) in [4.78, 5) is 26.6. The third kappa shape index (κ3) is 6.44. The van der Waals surface area contributed by atoms with Gasteiger partial charge >= 0.3 is 0 Å². The maximum atomic E-state index is 12.8. The molecule has 7 nitrogen and oxygen atoms in total. The Morgan fingerprint density at radius 1 is 1.05 bits per heavy atom. The van der Waals surface area contributed by atoms with Crippen LogP contribution in [0.3, 0.4) is 0 Å². The van der Waals surface area contributed by atoms with Crippen LogP contribution in [0.2, 0.25) is 5.02 Å². The van der Waals surface area contributed by atoms with E-state index in [0.29, 0.717) is 28.8 Å². The molecule has 2 N–H and O–H groups in total. The zero-order valence-electron chi connectivity index (χ0n) is 22.1. The van der Waals surface area contributed by atoms with Crippen LogP contribution in [0, 0.1) is 0 Å². The Morgan fingerprint density at radius 3 is 2.54 bits per heavy atom. The molecule has 2 amide bonds. The maximum Gasteiger partial charge on any atom is 0.287 e. The lowest BCUT2D eigenvalue weighted by Crippen LogP contribution is -2.39. The largest absolute Gasteiger partial charge is 0.496 e.